The minimum atomic E-state index is -0.580. The number of aliphatic hydroxyl groups excluding tert-OH is 1. The second-order valence-electron chi connectivity index (χ2n) is 12.0. The van der Waals surface area contributed by atoms with E-state index in [4.69, 9.17) is 14.2 Å². The summed E-state index contributed by atoms with van der Waals surface area (Å²) in [6.07, 6.45) is 7.78. The van der Waals surface area contributed by atoms with E-state index >= 15 is 0 Å². The molecule has 1 unspecified atom stereocenters. The molecule has 1 amide bonds. The molecule has 0 radical (unpaired) electrons. The molecule has 0 spiro atoms. The SMILES string of the molecule is COc1cc(C[C@@H](O)CN2CCCC(C(=O)NC(CCCc3ccccc3)CCCc3ccccc3)C2)cc(OC)c1OC. The molecule has 3 aromatic carbocycles. The Morgan fingerprint density at radius 1 is 0.864 bits per heavy atom. The van der Waals surface area contributed by atoms with Crippen LogP contribution in [0, 0.1) is 5.92 Å². The van der Waals surface area contributed by atoms with Crippen LogP contribution in [0.15, 0.2) is 72.8 Å². The zero-order chi connectivity index (χ0) is 31.1. The molecule has 4 rings (SSSR count). The van der Waals surface area contributed by atoms with E-state index in [2.05, 4.69) is 70.9 Å². The Labute approximate surface area is 263 Å². The molecule has 2 atom stereocenters. The van der Waals surface area contributed by atoms with Crippen molar-refractivity contribution in [1.29, 1.82) is 0 Å². The molecular formula is C37H50N2O5. The van der Waals surface area contributed by atoms with Crippen LogP contribution in [-0.4, -0.2) is 69.0 Å². The van der Waals surface area contributed by atoms with Crippen LogP contribution in [0.2, 0.25) is 0 Å². The van der Waals surface area contributed by atoms with Crippen LogP contribution in [0.1, 0.15) is 55.2 Å². The summed E-state index contributed by atoms with van der Waals surface area (Å²) < 4.78 is 16.4. The van der Waals surface area contributed by atoms with Gasteiger partial charge >= 0.3 is 0 Å². The summed E-state index contributed by atoms with van der Waals surface area (Å²) in [5, 5.41) is 14.4. The van der Waals surface area contributed by atoms with E-state index in [1.54, 1.807) is 21.3 Å². The number of aryl methyl sites for hydroxylation is 2. The molecule has 1 aliphatic rings. The standard InChI is InChI=1S/C37H50N2O5/c1-42-34-24-30(25-35(43-2)36(34)44-3)23-33(40)27-39-22-12-19-31(26-39)37(41)38-32(20-10-17-28-13-6-4-7-14-28)21-11-18-29-15-8-5-9-16-29/h4-9,13-16,24-25,31-33,40H,10-12,17-23,26-27H2,1-3H3,(H,38,41)/t31?,33-/m1/s1. The van der Waals surface area contributed by atoms with Crippen molar-refractivity contribution in [2.75, 3.05) is 41.0 Å². The lowest BCUT2D eigenvalue weighted by Crippen LogP contribution is -2.47. The lowest BCUT2D eigenvalue weighted by Gasteiger charge is -2.34. The van der Waals surface area contributed by atoms with Crippen molar-refractivity contribution < 1.29 is 24.1 Å². The highest BCUT2D eigenvalue weighted by Gasteiger charge is 2.28. The third-order valence-corrected chi connectivity index (χ3v) is 8.61. The number of rotatable bonds is 17. The third kappa shape index (κ3) is 10.3. The minimum absolute atomic E-state index is 0.0668. The number of hydrogen-bond donors (Lipinski definition) is 2. The number of carbonyl (C=O) groups is 1. The van der Waals surface area contributed by atoms with E-state index in [1.807, 2.05) is 12.1 Å². The van der Waals surface area contributed by atoms with Gasteiger partial charge in [0.05, 0.1) is 33.4 Å². The summed E-state index contributed by atoms with van der Waals surface area (Å²) >= 11 is 0. The Balaban J connectivity index is 1.30. The highest BCUT2D eigenvalue weighted by molar-refractivity contribution is 5.79. The third-order valence-electron chi connectivity index (χ3n) is 8.61. The van der Waals surface area contributed by atoms with Crippen molar-refractivity contribution in [2.45, 2.75) is 69.9 Å². The average molecular weight is 603 g/mol. The summed E-state index contributed by atoms with van der Waals surface area (Å²) in [6, 6.07) is 25.1. The van der Waals surface area contributed by atoms with Crippen LogP contribution in [0.5, 0.6) is 17.2 Å². The Hall–Kier alpha value is -3.55. The van der Waals surface area contributed by atoms with Gasteiger partial charge in [0.1, 0.15) is 0 Å². The van der Waals surface area contributed by atoms with Gasteiger partial charge in [0.2, 0.25) is 11.7 Å². The van der Waals surface area contributed by atoms with Gasteiger partial charge < -0.3 is 24.6 Å². The molecule has 0 aliphatic carbocycles. The zero-order valence-corrected chi connectivity index (χ0v) is 26.7. The van der Waals surface area contributed by atoms with Crippen LogP contribution < -0.4 is 19.5 Å². The molecule has 0 bridgehead atoms. The monoisotopic (exact) mass is 602 g/mol. The molecule has 3 aromatic rings. The fraction of sp³-hybridized carbons (Fsp3) is 0.486. The van der Waals surface area contributed by atoms with Crippen molar-refractivity contribution in [3.05, 3.63) is 89.5 Å². The number of piperidine rings is 1. The molecule has 1 saturated heterocycles. The highest BCUT2D eigenvalue weighted by Crippen LogP contribution is 2.38. The summed E-state index contributed by atoms with van der Waals surface area (Å²) in [5.74, 6) is 1.77. The fourth-order valence-corrected chi connectivity index (χ4v) is 6.33. The van der Waals surface area contributed by atoms with Crippen LogP contribution in [-0.2, 0) is 24.1 Å². The number of hydrogen-bond acceptors (Lipinski definition) is 6. The first-order valence-corrected chi connectivity index (χ1v) is 16.1. The molecule has 1 aliphatic heterocycles. The Kier molecular flexibility index (Phi) is 13.4. The molecule has 0 aromatic heterocycles. The predicted octanol–water partition coefficient (Wildman–Crippen LogP) is 5.86. The second kappa shape index (κ2) is 17.7. The number of nitrogens with one attached hydrogen (secondary N) is 1. The number of amides is 1. The fourth-order valence-electron chi connectivity index (χ4n) is 6.33. The number of nitrogens with zero attached hydrogens (tertiary/aromatic N) is 1. The maximum atomic E-state index is 13.6. The number of carbonyl (C=O) groups excluding carboxylic acids is 1. The maximum absolute atomic E-state index is 13.6. The second-order valence-corrected chi connectivity index (χ2v) is 12.0. The molecule has 2 N–H and O–H groups in total. The van der Waals surface area contributed by atoms with Gasteiger partial charge in [-0.25, -0.2) is 0 Å². The van der Waals surface area contributed by atoms with Crippen LogP contribution >= 0.6 is 0 Å². The molecule has 7 nitrogen and oxygen atoms in total. The molecular weight excluding hydrogens is 552 g/mol. The Morgan fingerprint density at radius 2 is 1.43 bits per heavy atom. The lowest BCUT2D eigenvalue weighted by molar-refractivity contribution is -0.127. The average Bonchev–Trinajstić information content (AvgIpc) is 3.05. The quantitative estimate of drug-likeness (QED) is 0.202. The number of ether oxygens (including phenoxy) is 3. The number of β-amino-alcohol motifs (C(OH)–C–C–N with tert-alkyl or cyclic N) is 1. The van der Waals surface area contributed by atoms with Crippen molar-refractivity contribution in [3.63, 3.8) is 0 Å². The first-order chi connectivity index (χ1) is 21.5. The van der Waals surface area contributed by atoms with E-state index in [0.717, 1.165) is 63.5 Å². The van der Waals surface area contributed by atoms with Crippen LogP contribution in [0.3, 0.4) is 0 Å². The van der Waals surface area contributed by atoms with Crippen LogP contribution in [0.4, 0.5) is 0 Å². The first-order valence-electron chi connectivity index (χ1n) is 16.1. The smallest absolute Gasteiger partial charge is 0.224 e. The number of aliphatic hydroxyl groups is 1. The van der Waals surface area contributed by atoms with E-state index in [0.29, 0.717) is 36.8 Å². The molecule has 44 heavy (non-hydrogen) atoms. The van der Waals surface area contributed by atoms with Gasteiger partial charge in [-0.2, -0.15) is 0 Å². The summed E-state index contributed by atoms with van der Waals surface area (Å²) in [5.41, 5.74) is 3.59. The van der Waals surface area contributed by atoms with Gasteiger partial charge in [-0.3, -0.25) is 9.69 Å². The van der Waals surface area contributed by atoms with Gasteiger partial charge in [-0.05, 0) is 93.2 Å². The zero-order valence-electron chi connectivity index (χ0n) is 26.7. The summed E-state index contributed by atoms with van der Waals surface area (Å²) in [7, 11) is 4.76. The number of benzene rings is 3. The van der Waals surface area contributed by atoms with Gasteiger partial charge in [0, 0.05) is 19.1 Å². The lowest BCUT2D eigenvalue weighted by atomic mass is 9.94. The van der Waals surface area contributed by atoms with E-state index in [-0.39, 0.29) is 17.9 Å². The highest BCUT2D eigenvalue weighted by atomic mass is 16.5. The van der Waals surface area contributed by atoms with E-state index in [1.165, 1.54) is 11.1 Å². The maximum Gasteiger partial charge on any atom is 0.224 e. The molecule has 0 saturated carbocycles. The van der Waals surface area contributed by atoms with E-state index in [9.17, 15) is 9.90 Å². The molecule has 1 fully saturated rings. The molecule has 238 valence electrons. The van der Waals surface area contributed by atoms with Crippen molar-refractivity contribution >= 4 is 5.91 Å². The Morgan fingerprint density at radius 3 is 1.95 bits per heavy atom. The minimum Gasteiger partial charge on any atom is -0.493 e. The predicted molar refractivity (Wildman–Crippen MR) is 176 cm³/mol. The summed E-state index contributed by atoms with van der Waals surface area (Å²) in [6.45, 7) is 2.06. The van der Waals surface area contributed by atoms with Gasteiger partial charge in [0.15, 0.2) is 11.5 Å². The summed E-state index contributed by atoms with van der Waals surface area (Å²) in [4.78, 5) is 15.8. The van der Waals surface area contributed by atoms with Gasteiger partial charge in [0.25, 0.3) is 0 Å². The molecule has 1 heterocycles. The largest absolute Gasteiger partial charge is 0.493 e. The number of methoxy groups -OCH3 is 3. The number of likely N-dealkylation sites (tertiary alicyclic amines) is 1. The van der Waals surface area contributed by atoms with Gasteiger partial charge in [-0.15, -0.1) is 0 Å². The molecule has 7 heteroatoms. The topological polar surface area (TPSA) is 80.3 Å². The first kappa shape index (κ1) is 33.3. The van der Waals surface area contributed by atoms with E-state index < -0.39 is 6.10 Å². The van der Waals surface area contributed by atoms with Crippen molar-refractivity contribution in [3.8, 4) is 17.2 Å². The normalized spacial score (nSPS) is 16.0. The van der Waals surface area contributed by atoms with Crippen molar-refractivity contribution in [2.24, 2.45) is 5.92 Å². The van der Waals surface area contributed by atoms with Crippen molar-refractivity contribution in [1.82, 2.24) is 10.2 Å². The van der Waals surface area contributed by atoms with Crippen LogP contribution in [0.25, 0.3) is 0 Å². The Bertz CT molecular complexity index is 1200. The van der Waals surface area contributed by atoms with Gasteiger partial charge in [-0.1, -0.05) is 60.7 Å².